The molecule has 2 heterocycles. The van der Waals surface area contributed by atoms with E-state index in [2.05, 4.69) is 241 Å². The molecular formula is C62H39NS2. The number of benzene rings is 10. The lowest BCUT2D eigenvalue weighted by atomic mass is 9.67. The first kappa shape index (κ1) is 37.1. The third-order valence-corrected chi connectivity index (χ3v) is 16.7. The predicted molar refractivity (Wildman–Crippen MR) is 269 cm³/mol. The average molecular weight is 862 g/mol. The van der Waals surface area contributed by atoms with Crippen molar-refractivity contribution in [2.45, 2.75) is 30.4 Å². The molecule has 0 unspecified atom stereocenters. The zero-order valence-electron chi connectivity index (χ0n) is 35.3. The van der Waals surface area contributed by atoms with Gasteiger partial charge in [-0.1, -0.05) is 199 Å². The fourth-order valence-electron chi connectivity index (χ4n) is 11.9. The summed E-state index contributed by atoms with van der Waals surface area (Å²) in [6.07, 6.45) is 0. The largest absolute Gasteiger partial charge is 0.310 e. The molecule has 0 bridgehead atoms. The van der Waals surface area contributed by atoms with Crippen molar-refractivity contribution in [2.24, 2.45) is 0 Å². The smallest absolute Gasteiger partial charge is 0.0736 e. The van der Waals surface area contributed by atoms with Crippen LogP contribution in [-0.2, 0) is 10.8 Å². The van der Waals surface area contributed by atoms with E-state index >= 15 is 0 Å². The Balaban J connectivity index is 1.06. The Bertz CT molecular complexity index is 3300. The number of rotatable bonds is 4. The highest BCUT2D eigenvalue weighted by molar-refractivity contribution is 7.99. The van der Waals surface area contributed by atoms with Gasteiger partial charge in [-0.25, -0.2) is 0 Å². The lowest BCUT2D eigenvalue weighted by molar-refractivity contribution is 0.721. The quantitative estimate of drug-likeness (QED) is 0.174. The van der Waals surface area contributed by atoms with Crippen LogP contribution >= 0.6 is 23.5 Å². The summed E-state index contributed by atoms with van der Waals surface area (Å²) in [7, 11) is 0. The van der Waals surface area contributed by atoms with Gasteiger partial charge in [0.15, 0.2) is 0 Å². The van der Waals surface area contributed by atoms with Gasteiger partial charge in [-0.2, -0.15) is 0 Å². The Labute approximate surface area is 388 Å². The maximum absolute atomic E-state index is 2.52. The Morgan fingerprint density at radius 3 is 1.06 bits per heavy atom. The molecule has 3 heteroatoms. The minimum Gasteiger partial charge on any atom is -0.310 e. The molecule has 10 aromatic rings. The molecule has 65 heavy (non-hydrogen) atoms. The van der Waals surface area contributed by atoms with Crippen LogP contribution in [0.15, 0.2) is 256 Å². The van der Waals surface area contributed by atoms with Crippen molar-refractivity contribution in [1.29, 1.82) is 0 Å². The zero-order chi connectivity index (χ0) is 42.7. The van der Waals surface area contributed by atoms with Gasteiger partial charge in [0.25, 0.3) is 0 Å². The first-order chi connectivity index (χ1) is 32.2. The SMILES string of the molecule is c1ccc(-c2cccc(N(c3ccc4c(c3)C3(c5ccccc5Sc5ccccc53)c3ccccc3-4)c3ccc4c(c3)C3(c5ccccc5Sc5ccccc53)c3ccccc3-4)c2)cc1. The topological polar surface area (TPSA) is 3.24 Å². The minimum absolute atomic E-state index is 0.491. The molecule has 0 amide bonds. The summed E-state index contributed by atoms with van der Waals surface area (Å²) in [5.41, 5.74) is 20.6. The monoisotopic (exact) mass is 861 g/mol. The summed E-state index contributed by atoms with van der Waals surface area (Å²) in [6.45, 7) is 0. The average Bonchev–Trinajstić information content (AvgIpc) is 3.82. The van der Waals surface area contributed by atoms with Crippen LogP contribution in [-0.4, -0.2) is 0 Å². The third-order valence-electron chi connectivity index (χ3n) is 14.4. The number of nitrogens with zero attached hydrogens (tertiary/aromatic N) is 1. The molecule has 0 atom stereocenters. The summed E-state index contributed by atoms with van der Waals surface area (Å²) >= 11 is 3.78. The second-order valence-corrected chi connectivity index (χ2v) is 19.7. The molecule has 10 aromatic carbocycles. The molecule has 0 fully saturated rings. The molecule has 0 N–H and O–H groups in total. The van der Waals surface area contributed by atoms with Gasteiger partial charge in [0.05, 0.1) is 10.8 Å². The Hall–Kier alpha value is -7.30. The van der Waals surface area contributed by atoms with Crippen molar-refractivity contribution in [2.75, 3.05) is 4.90 Å². The lowest BCUT2D eigenvalue weighted by Crippen LogP contribution is -2.32. The van der Waals surface area contributed by atoms with Crippen molar-refractivity contribution in [3.8, 4) is 33.4 Å². The number of hydrogen-bond acceptors (Lipinski definition) is 3. The second kappa shape index (κ2) is 14.1. The van der Waals surface area contributed by atoms with Crippen LogP contribution in [0.25, 0.3) is 33.4 Å². The van der Waals surface area contributed by atoms with E-state index in [9.17, 15) is 0 Å². The van der Waals surface area contributed by atoms with Crippen LogP contribution in [0.4, 0.5) is 17.1 Å². The number of fused-ring (bicyclic) bond motifs is 18. The van der Waals surface area contributed by atoms with Gasteiger partial charge in [0, 0.05) is 36.6 Å². The molecule has 0 aromatic heterocycles. The van der Waals surface area contributed by atoms with Crippen molar-refractivity contribution >= 4 is 40.6 Å². The van der Waals surface area contributed by atoms with Gasteiger partial charge < -0.3 is 4.90 Å². The first-order valence-electron chi connectivity index (χ1n) is 22.4. The van der Waals surface area contributed by atoms with Crippen molar-refractivity contribution in [3.05, 3.63) is 281 Å². The summed E-state index contributed by atoms with van der Waals surface area (Å²) in [6, 6.07) is 89.0. The van der Waals surface area contributed by atoms with Crippen LogP contribution in [0.2, 0.25) is 0 Å². The van der Waals surface area contributed by atoms with E-state index in [0.717, 1.165) is 17.1 Å². The fourth-order valence-corrected chi connectivity index (χ4v) is 14.2. The van der Waals surface area contributed by atoms with Crippen molar-refractivity contribution < 1.29 is 0 Å². The summed E-state index contributed by atoms with van der Waals surface area (Å²) < 4.78 is 0. The van der Waals surface area contributed by atoms with E-state index < -0.39 is 10.8 Å². The van der Waals surface area contributed by atoms with Gasteiger partial charge in [-0.3, -0.25) is 0 Å². The molecule has 2 aliphatic heterocycles. The summed E-state index contributed by atoms with van der Waals surface area (Å²) in [4.78, 5) is 7.75. The molecule has 0 radical (unpaired) electrons. The highest BCUT2D eigenvalue weighted by Gasteiger charge is 2.52. The predicted octanol–water partition coefficient (Wildman–Crippen LogP) is 16.5. The fraction of sp³-hybridized carbons (Fsp3) is 0.0323. The van der Waals surface area contributed by atoms with E-state index in [1.807, 2.05) is 23.5 Å². The second-order valence-electron chi connectivity index (χ2n) is 17.5. The van der Waals surface area contributed by atoms with Gasteiger partial charge in [0.2, 0.25) is 0 Å². The summed E-state index contributed by atoms with van der Waals surface area (Å²) in [5, 5.41) is 0. The van der Waals surface area contributed by atoms with E-state index in [-0.39, 0.29) is 0 Å². The van der Waals surface area contributed by atoms with E-state index in [1.165, 1.54) is 97.5 Å². The molecule has 0 saturated heterocycles. The molecule has 2 aliphatic carbocycles. The van der Waals surface area contributed by atoms with Gasteiger partial charge in [0.1, 0.15) is 0 Å². The van der Waals surface area contributed by atoms with E-state index in [1.54, 1.807) is 0 Å². The van der Waals surface area contributed by atoms with Crippen LogP contribution in [0.3, 0.4) is 0 Å². The van der Waals surface area contributed by atoms with Gasteiger partial charge in [-0.15, -0.1) is 0 Å². The van der Waals surface area contributed by atoms with Crippen LogP contribution in [0.1, 0.15) is 44.5 Å². The number of anilines is 3. The lowest BCUT2D eigenvalue weighted by Gasteiger charge is -2.40. The minimum atomic E-state index is -0.491. The highest BCUT2D eigenvalue weighted by atomic mass is 32.2. The molecule has 4 aliphatic rings. The highest BCUT2D eigenvalue weighted by Crippen LogP contribution is 2.65. The molecule has 304 valence electrons. The van der Waals surface area contributed by atoms with Crippen LogP contribution in [0, 0.1) is 0 Å². The van der Waals surface area contributed by atoms with E-state index in [0.29, 0.717) is 0 Å². The zero-order valence-corrected chi connectivity index (χ0v) is 36.9. The van der Waals surface area contributed by atoms with Crippen LogP contribution in [0.5, 0.6) is 0 Å². The Morgan fingerprint density at radius 1 is 0.246 bits per heavy atom. The normalized spacial score (nSPS) is 14.6. The molecule has 14 rings (SSSR count). The standard InChI is InChI=1S/C62H39NS2/c1-2-17-40(18-3-1)41-19-16-20-42(37-41)63(43-33-35-47-45-21-4-6-23-49(45)61(55(47)38-43)51-25-8-12-29-57(51)64-58-30-13-9-26-52(58)61)44-34-36-48-46-22-5-7-24-50(46)62(56(48)39-44)53-27-10-14-31-59(53)65-60-32-15-11-28-54(60)62/h1-39H. The molecular weight excluding hydrogens is 823 g/mol. The van der Waals surface area contributed by atoms with Crippen LogP contribution < -0.4 is 4.90 Å². The van der Waals surface area contributed by atoms with E-state index in [4.69, 9.17) is 0 Å². The maximum atomic E-state index is 2.52. The third kappa shape index (κ3) is 5.08. The molecule has 0 saturated carbocycles. The molecule has 1 nitrogen and oxygen atoms in total. The number of hydrogen-bond donors (Lipinski definition) is 0. The Kier molecular flexibility index (Phi) is 8.05. The Morgan fingerprint density at radius 2 is 0.600 bits per heavy atom. The van der Waals surface area contributed by atoms with Gasteiger partial charge in [-0.05, 0) is 139 Å². The first-order valence-corrected chi connectivity index (χ1v) is 24.0. The maximum Gasteiger partial charge on any atom is 0.0736 e. The van der Waals surface area contributed by atoms with Crippen molar-refractivity contribution in [3.63, 3.8) is 0 Å². The van der Waals surface area contributed by atoms with Crippen molar-refractivity contribution in [1.82, 2.24) is 0 Å². The van der Waals surface area contributed by atoms with Gasteiger partial charge >= 0.3 is 0 Å². The molecule has 2 spiro atoms. The summed E-state index contributed by atoms with van der Waals surface area (Å²) in [5.74, 6) is 0.